The number of rotatable bonds is 11. The van der Waals surface area contributed by atoms with Crippen molar-refractivity contribution in [3.63, 3.8) is 0 Å². The average Bonchev–Trinajstić information content (AvgIpc) is 2.91. The first-order valence-electron chi connectivity index (χ1n) is 12.5. The van der Waals surface area contributed by atoms with Crippen molar-refractivity contribution in [3.8, 4) is 16.9 Å². The van der Waals surface area contributed by atoms with Gasteiger partial charge in [0.25, 0.3) is 0 Å². The van der Waals surface area contributed by atoms with Gasteiger partial charge in [0.05, 0.1) is 18.0 Å². The van der Waals surface area contributed by atoms with Gasteiger partial charge in [0.2, 0.25) is 5.43 Å². The van der Waals surface area contributed by atoms with Crippen LogP contribution in [0, 0.1) is 5.82 Å². The Balaban J connectivity index is 1.78. The van der Waals surface area contributed by atoms with Crippen LogP contribution in [0.1, 0.15) is 48.5 Å². The zero-order valence-corrected chi connectivity index (χ0v) is 21.1. The van der Waals surface area contributed by atoms with Crippen molar-refractivity contribution >= 4 is 22.6 Å². The van der Waals surface area contributed by atoms with E-state index in [4.69, 9.17) is 4.74 Å². The van der Waals surface area contributed by atoms with Gasteiger partial charge < -0.3 is 19.7 Å². The number of nitrogens with zero attached hydrogens (tertiary/aromatic N) is 1. The summed E-state index contributed by atoms with van der Waals surface area (Å²) >= 11 is 0. The first-order valence-corrected chi connectivity index (χ1v) is 12.5. The molecule has 37 heavy (non-hydrogen) atoms. The number of halogens is 1. The van der Waals surface area contributed by atoms with Crippen LogP contribution in [-0.4, -0.2) is 29.3 Å². The number of fused-ring (bicyclic) bond motifs is 1. The minimum absolute atomic E-state index is 0.0355. The summed E-state index contributed by atoms with van der Waals surface area (Å²) in [6.45, 7) is 2.94. The van der Waals surface area contributed by atoms with Crippen LogP contribution in [0.5, 0.6) is 5.75 Å². The van der Waals surface area contributed by atoms with E-state index in [1.165, 1.54) is 13.3 Å². The number of methoxy groups -OCH3 is 1. The maximum absolute atomic E-state index is 15.2. The summed E-state index contributed by atoms with van der Waals surface area (Å²) in [6.07, 6.45) is 5.39. The molecule has 0 saturated carbocycles. The van der Waals surface area contributed by atoms with Crippen LogP contribution in [0.3, 0.4) is 0 Å². The number of pyridine rings is 1. The summed E-state index contributed by atoms with van der Waals surface area (Å²) in [5.74, 6) is -1.84. The molecule has 6 nitrogen and oxygen atoms in total. The van der Waals surface area contributed by atoms with Crippen LogP contribution in [0.15, 0.2) is 71.7 Å². The number of hydrogen-bond donors (Lipinski definition) is 2. The molecule has 0 aliphatic heterocycles. The number of carbonyl (C=O) groups is 1. The maximum Gasteiger partial charge on any atom is 0.341 e. The highest BCUT2D eigenvalue weighted by Gasteiger charge is 2.22. The molecule has 4 rings (SSSR count). The summed E-state index contributed by atoms with van der Waals surface area (Å²) in [5, 5.41) is 12.8. The standard InChI is InChI=1S/C30H31FN2O4/c1-3-4-5-9-16-32-26-25(31)17-23-27(29(26)37-2)33(19-24(28(23)34)30(35)36)18-20-12-14-22(15-13-20)21-10-7-6-8-11-21/h6-8,10-15,17,19,32H,3-5,9,16,18H2,1-2H3,(H,35,36). The second kappa shape index (κ2) is 11.7. The fourth-order valence-electron chi connectivity index (χ4n) is 4.53. The van der Waals surface area contributed by atoms with Gasteiger partial charge in [0, 0.05) is 19.3 Å². The Morgan fingerprint density at radius 2 is 1.73 bits per heavy atom. The minimum Gasteiger partial charge on any atom is -0.492 e. The van der Waals surface area contributed by atoms with Gasteiger partial charge >= 0.3 is 5.97 Å². The van der Waals surface area contributed by atoms with Gasteiger partial charge in [-0.25, -0.2) is 9.18 Å². The number of unbranched alkanes of at least 4 members (excludes halogenated alkanes) is 3. The number of carboxylic acids is 1. The summed E-state index contributed by atoms with van der Waals surface area (Å²) in [5.41, 5.74) is 2.38. The first kappa shape index (κ1) is 25.9. The number of hydrogen-bond acceptors (Lipinski definition) is 4. The SMILES string of the molecule is CCCCCCNc1c(F)cc2c(=O)c(C(=O)O)cn(Cc3ccc(-c4ccccc4)cc3)c2c1OC. The van der Waals surface area contributed by atoms with Crippen LogP contribution in [0.4, 0.5) is 10.1 Å². The van der Waals surface area contributed by atoms with Crippen LogP contribution >= 0.6 is 0 Å². The fourth-order valence-corrected chi connectivity index (χ4v) is 4.53. The number of ether oxygens (including phenoxy) is 1. The molecule has 0 bridgehead atoms. The normalized spacial score (nSPS) is 11.0. The predicted molar refractivity (Wildman–Crippen MR) is 145 cm³/mol. The van der Waals surface area contributed by atoms with Gasteiger partial charge in [-0.2, -0.15) is 0 Å². The summed E-state index contributed by atoms with van der Waals surface area (Å²) < 4.78 is 22.5. The Kier molecular flexibility index (Phi) is 8.23. The van der Waals surface area contributed by atoms with E-state index in [0.29, 0.717) is 12.1 Å². The molecule has 192 valence electrons. The van der Waals surface area contributed by atoms with Crippen LogP contribution in [0.25, 0.3) is 22.0 Å². The monoisotopic (exact) mass is 502 g/mol. The lowest BCUT2D eigenvalue weighted by Gasteiger charge is -2.19. The zero-order valence-electron chi connectivity index (χ0n) is 21.1. The van der Waals surface area contributed by atoms with E-state index in [0.717, 1.165) is 48.4 Å². The molecule has 0 aliphatic rings. The number of anilines is 1. The maximum atomic E-state index is 15.2. The molecule has 0 saturated heterocycles. The van der Waals surface area contributed by atoms with Crippen molar-refractivity contribution in [2.24, 2.45) is 0 Å². The van der Waals surface area contributed by atoms with Gasteiger partial charge in [-0.3, -0.25) is 4.79 Å². The molecule has 3 aromatic carbocycles. The van der Waals surface area contributed by atoms with Gasteiger partial charge in [-0.1, -0.05) is 80.8 Å². The molecule has 0 atom stereocenters. The molecule has 1 heterocycles. The van der Waals surface area contributed by atoms with Gasteiger partial charge in [0.1, 0.15) is 11.3 Å². The molecule has 0 unspecified atom stereocenters. The molecule has 0 fully saturated rings. The Hall–Kier alpha value is -4.13. The van der Waals surface area contributed by atoms with Crippen LogP contribution < -0.4 is 15.5 Å². The van der Waals surface area contributed by atoms with E-state index in [-0.39, 0.29) is 23.4 Å². The lowest BCUT2D eigenvalue weighted by molar-refractivity contribution is 0.0695. The molecule has 0 radical (unpaired) electrons. The third-order valence-electron chi connectivity index (χ3n) is 6.45. The molecule has 0 spiro atoms. The van der Waals surface area contributed by atoms with E-state index in [9.17, 15) is 14.7 Å². The molecule has 4 aromatic rings. The predicted octanol–water partition coefficient (Wildman–Crippen LogP) is 6.55. The summed E-state index contributed by atoms with van der Waals surface area (Å²) in [4.78, 5) is 24.9. The molecule has 0 aliphatic carbocycles. The Labute approximate surface area is 215 Å². The third kappa shape index (κ3) is 5.66. The molecular weight excluding hydrogens is 471 g/mol. The van der Waals surface area contributed by atoms with E-state index in [1.807, 2.05) is 54.6 Å². The van der Waals surface area contributed by atoms with Crippen molar-refractivity contribution in [2.75, 3.05) is 19.0 Å². The summed E-state index contributed by atoms with van der Waals surface area (Å²) in [6, 6.07) is 19.0. The molecule has 0 amide bonds. The van der Waals surface area contributed by atoms with Crippen LogP contribution in [0.2, 0.25) is 0 Å². The zero-order chi connectivity index (χ0) is 26.4. The second-order valence-electron chi connectivity index (χ2n) is 9.02. The highest BCUT2D eigenvalue weighted by atomic mass is 19.1. The number of benzene rings is 3. The molecule has 2 N–H and O–H groups in total. The van der Waals surface area contributed by atoms with Crippen molar-refractivity contribution in [3.05, 3.63) is 94.0 Å². The largest absolute Gasteiger partial charge is 0.492 e. The van der Waals surface area contributed by atoms with E-state index >= 15 is 4.39 Å². The van der Waals surface area contributed by atoms with Gasteiger partial charge in [-0.05, 0) is 29.2 Å². The molecule has 1 aromatic heterocycles. The van der Waals surface area contributed by atoms with Crippen molar-refractivity contribution in [2.45, 2.75) is 39.2 Å². The number of carboxylic acid groups (broad SMARTS) is 1. The van der Waals surface area contributed by atoms with Crippen molar-refractivity contribution < 1.29 is 19.0 Å². The highest BCUT2D eigenvalue weighted by Crippen LogP contribution is 2.36. The quantitative estimate of drug-likeness (QED) is 0.227. The first-order chi connectivity index (χ1) is 17.9. The summed E-state index contributed by atoms with van der Waals surface area (Å²) in [7, 11) is 1.42. The van der Waals surface area contributed by atoms with E-state index in [2.05, 4.69) is 12.2 Å². The topological polar surface area (TPSA) is 80.6 Å². The van der Waals surface area contributed by atoms with Gasteiger partial charge in [0.15, 0.2) is 11.6 Å². The minimum atomic E-state index is -1.36. The number of nitrogens with one attached hydrogen (secondary N) is 1. The number of aromatic carboxylic acids is 1. The van der Waals surface area contributed by atoms with Crippen molar-refractivity contribution in [1.29, 1.82) is 0 Å². The van der Waals surface area contributed by atoms with E-state index < -0.39 is 22.8 Å². The van der Waals surface area contributed by atoms with Gasteiger partial charge in [-0.15, -0.1) is 0 Å². The number of aromatic nitrogens is 1. The smallest absolute Gasteiger partial charge is 0.341 e. The molecular formula is C30H31FN2O4. The fraction of sp³-hybridized carbons (Fsp3) is 0.267. The molecule has 7 heteroatoms. The third-order valence-corrected chi connectivity index (χ3v) is 6.45. The van der Waals surface area contributed by atoms with Crippen molar-refractivity contribution in [1.82, 2.24) is 4.57 Å². The lowest BCUT2D eigenvalue weighted by Crippen LogP contribution is -2.20. The highest BCUT2D eigenvalue weighted by molar-refractivity contribution is 5.96. The Morgan fingerprint density at radius 1 is 1.03 bits per heavy atom. The Morgan fingerprint density at radius 3 is 2.38 bits per heavy atom. The second-order valence-corrected chi connectivity index (χ2v) is 9.02. The van der Waals surface area contributed by atoms with E-state index in [1.54, 1.807) is 4.57 Å². The Bertz CT molecular complexity index is 1450. The lowest BCUT2D eigenvalue weighted by atomic mass is 10.0. The average molecular weight is 503 g/mol. The van der Waals surface area contributed by atoms with Crippen LogP contribution in [-0.2, 0) is 6.54 Å².